The van der Waals surface area contributed by atoms with Crippen LogP contribution < -0.4 is 20.1 Å². The average molecular weight is 516 g/mol. The maximum absolute atomic E-state index is 13.6. The van der Waals surface area contributed by atoms with Crippen molar-refractivity contribution in [2.45, 2.75) is 23.6 Å². The molecule has 1 aliphatic heterocycles. The Labute approximate surface area is 212 Å². The van der Waals surface area contributed by atoms with Crippen LogP contribution in [0.5, 0.6) is 11.5 Å². The molecular weight excluding hydrogens is 494 g/mol. The molecule has 10 nitrogen and oxygen atoms in total. The van der Waals surface area contributed by atoms with Gasteiger partial charge in [-0.25, -0.2) is 18.4 Å². The zero-order valence-electron chi connectivity index (χ0n) is 19.6. The number of para-hydroxylation sites is 2. The second kappa shape index (κ2) is 9.75. The maximum atomic E-state index is 13.6. The van der Waals surface area contributed by atoms with E-state index in [0.717, 1.165) is 5.56 Å². The van der Waals surface area contributed by atoms with E-state index in [2.05, 4.69) is 20.6 Å². The molecule has 0 bridgehead atoms. The lowest BCUT2D eigenvalue weighted by molar-refractivity contribution is -0.114. The van der Waals surface area contributed by atoms with Gasteiger partial charge in [-0.2, -0.15) is 5.26 Å². The van der Waals surface area contributed by atoms with Crippen molar-refractivity contribution >= 4 is 38.3 Å². The summed E-state index contributed by atoms with van der Waals surface area (Å²) < 4.78 is 37.9. The zero-order valence-corrected chi connectivity index (χ0v) is 20.5. The van der Waals surface area contributed by atoms with Crippen molar-refractivity contribution in [3.63, 3.8) is 0 Å². The lowest BCUT2D eigenvalue weighted by atomic mass is 10.2. The molecule has 1 aromatic heterocycles. The molecule has 186 valence electrons. The van der Waals surface area contributed by atoms with Gasteiger partial charge in [0.2, 0.25) is 22.5 Å². The number of nitriles is 1. The quantitative estimate of drug-likeness (QED) is 0.374. The number of hydrogen-bond donors (Lipinski definition) is 2. The highest BCUT2D eigenvalue weighted by atomic mass is 32.2. The Hall–Kier alpha value is -4.69. The Morgan fingerprint density at radius 1 is 1.03 bits per heavy atom. The van der Waals surface area contributed by atoms with Crippen molar-refractivity contribution in [1.29, 1.82) is 5.26 Å². The van der Waals surface area contributed by atoms with Gasteiger partial charge in [0, 0.05) is 19.2 Å². The van der Waals surface area contributed by atoms with Crippen LogP contribution in [0, 0.1) is 11.3 Å². The number of nitrogens with one attached hydrogen (secondary N) is 2. The van der Waals surface area contributed by atoms with Gasteiger partial charge in [-0.15, -0.1) is 0 Å². The molecule has 0 spiro atoms. The summed E-state index contributed by atoms with van der Waals surface area (Å²) >= 11 is 0. The van der Waals surface area contributed by atoms with Crippen LogP contribution in [0.1, 0.15) is 23.4 Å². The summed E-state index contributed by atoms with van der Waals surface area (Å²) in [7, 11) is -4.18. The molecule has 2 N–H and O–H groups in total. The Kier molecular flexibility index (Phi) is 6.33. The summed E-state index contributed by atoms with van der Waals surface area (Å²) in [6, 6.07) is 20.0. The number of aromatic nitrogens is 2. The summed E-state index contributed by atoms with van der Waals surface area (Å²) in [5.41, 5.74) is 2.29. The number of carbonyl (C=O) groups excluding carboxylic acids is 1. The fourth-order valence-corrected chi connectivity index (χ4v) is 5.29. The van der Waals surface area contributed by atoms with Crippen LogP contribution in [0.2, 0.25) is 0 Å². The predicted molar refractivity (Wildman–Crippen MR) is 136 cm³/mol. The Morgan fingerprint density at radius 3 is 2.43 bits per heavy atom. The lowest BCUT2D eigenvalue weighted by Gasteiger charge is -2.16. The number of carbonyl (C=O) groups is 1. The van der Waals surface area contributed by atoms with Gasteiger partial charge in [-0.3, -0.25) is 4.79 Å². The van der Waals surface area contributed by atoms with E-state index in [1.165, 1.54) is 31.2 Å². The molecule has 0 aliphatic carbocycles. The minimum atomic E-state index is -4.18. The number of hydrogen-bond acceptors (Lipinski definition) is 9. The van der Waals surface area contributed by atoms with Gasteiger partial charge < -0.3 is 20.1 Å². The first-order valence-corrected chi connectivity index (χ1v) is 12.8. The highest BCUT2D eigenvalue weighted by Crippen LogP contribution is 2.35. The third-order valence-electron chi connectivity index (χ3n) is 5.67. The van der Waals surface area contributed by atoms with Crippen molar-refractivity contribution < 1.29 is 22.7 Å². The number of anilines is 2. The highest BCUT2D eigenvalue weighted by Gasteiger charge is 2.33. The van der Waals surface area contributed by atoms with Gasteiger partial charge in [-0.05, 0) is 54.1 Å². The molecule has 1 atom stereocenters. The highest BCUT2D eigenvalue weighted by molar-refractivity contribution is 7.92. The fraction of sp³-hybridized carbons (Fsp3) is 0.154. The van der Waals surface area contributed by atoms with Crippen LogP contribution in [0.15, 0.2) is 71.6 Å². The molecule has 37 heavy (non-hydrogen) atoms. The van der Waals surface area contributed by atoms with E-state index in [9.17, 15) is 18.5 Å². The topological polar surface area (TPSA) is 143 Å². The van der Waals surface area contributed by atoms with Gasteiger partial charge in [0.15, 0.2) is 22.6 Å². The first-order valence-electron chi connectivity index (χ1n) is 11.3. The van der Waals surface area contributed by atoms with E-state index in [4.69, 9.17) is 9.47 Å². The number of sulfone groups is 1. The van der Waals surface area contributed by atoms with Crippen LogP contribution in [-0.4, -0.2) is 31.1 Å². The third-order valence-corrected chi connectivity index (χ3v) is 7.55. The van der Waals surface area contributed by atoms with Gasteiger partial charge >= 0.3 is 0 Å². The lowest BCUT2D eigenvalue weighted by Crippen LogP contribution is -2.17. The smallest absolute Gasteiger partial charge is 0.231 e. The monoisotopic (exact) mass is 515 g/mol. The molecule has 5 rings (SSSR count). The molecular formula is C26H21N5O5S. The van der Waals surface area contributed by atoms with E-state index in [1.54, 1.807) is 30.3 Å². The van der Waals surface area contributed by atoms with Gasteiger partial charge in [0.05, 0.1) is 22.0 Å². The van der Waals surface area contributed by atoms with Crippen LogP contribution in [0.3, 0.4) is 0 Å². The molecule has 2 heterocycles. The minimum absolute atomic E-state index is 0.00659. The number of ether oxygens (including phenoxy) is 2. The SMILES string of the molecule is CC(=O)Nc1ccc(S(=O)(=O)C(C#N)c2nc3ccccc3nc2NCc2ccc3c(c2)OCO3)cc1. The summed E-state index contributed by atoms with van der Waals surface area (Å²) in [5, 5.41) is 14.1. The molecule has 3 aromatic carbocycles. The van der Waals surface area contributed by atoms with E-state index in [1.807, 2.05) is 18.2 Å². The van der Waals surface area contributed by atoms with Crippen molar-refractivity contribution in [3.05, 3.63) is 78.0 Å². The van der Waals surface area contributed by atoms with Gasteiger partial charge in [0.1, 0.15) is 5.69 Å². The van der Waals surface area contributed by atoms with Crippen LogP contribution >= 0.6 is 0 Å². The number of nitrogens with zero attached hydrogens (tertiary/aromatic N) is 3. The van der Waals surface area contributed by atoms with Crippen molar-refractivity contribution in [2.75, 3.05) is 17.4 Å². The van der Waals surface area contributed by atoms with Crippen LogP contribution in [0.25, 0.3) is 11.0 Å². The minimum Gasteiger partial charge on any atom is -0.454 e. The summed E-state index contributed by atoms with van der Waals surface area (Å²) in [6.45, 7) is 1.78. The molecule has 1 amide bonds. The van der Waals surface area contributed by atoms with Crippen molar-refractivity contribution in [3.8, 4) is 17.6 Å². The van der Waals surface area contributed by atoms with Crippen molar-refractivity contribution in [1.82, 2.24) is 9.97 Å². The number of fused-ring (bicyclic) bond motifs is 2. The molecule has 0 radical (unpaired) electrons. The van der Waals surface area contributed by atoms with Crippen molar-refractivity contribution in [2.24, 2.45) is 0 Å². The predicted octanol–water partition coefficient (Wildman–Crippen LogP) is 3.97. The standard InChI is InChI=1S/C26H21N5O5S/c1-16(32)29-18-7-9-19(10-8-18)37(33,34)24(13-27)25-26(31-21-5-3-2-4-20(21)30-25)28-14-17-6-11-22-23(12-17)36-15-35-22/h2-12,24H,14-15H2,1H3,(H,28,31)(H,29,32). The van der Waals surface area contributed by atoms with E-state index < -0.39 is 15.1 Å². The number of rotatable bonds is 7. The average Bonchev–Trinajstić information content (AvgIpc) is 3.35. The summed E-state index contributed by atoms with van der Waals surface area (Å²) in [5.74, 6) is 1.16. The molecule has 0 fully saturated rings. The largest absolute Gasteiger partial charge is 0.454 e. The normalized spacial score (nSPS) is 13.1. The van der Waals surface area contributed by atoms with Gasteiger partial charge in [0.25, 0.3) is 0 Å². The third kappa shape index (κ3) is 4.87. The maximum Gasteiger partial charge on any atom is 0.231 e. The number of amides is 1. The van der Waals surface area contributed by atoms with Crippen LogP contribution in [0.4, 0.5) is 11.5 Å². The second-order valence-corrected chi connectivity index (χ2v) is 10.3. The molecule has 4 aromatic rings. The molecule has 1 aliphatic rings. The van der Waals surface area contributed by atoms with Gasteiger partial charge in [-0.1, -0.05) is 18.2 Å². The molecule has 0 saturated heterocycles. The molecule has 1 unspecified atom stereocenters. The van der Waals surface area contributed by atoms with E-state index >= 15 is 0 Å². The Balaban J connectivity index is 1.51. The fourth-order valence-electron chi connectivity index (χ4n) is 3.91. The summed E-state index contributed by atoms with van der Waals surface area (Å²) in [6.07, 6.45) is 0. The first kappa shape index (κ1) is 24.0. The zero-order chi connectivity index (χ0) is 26.0. The molecule has 0 saturated carbocycles. The first-order chi connectivity index (χ1) is 17.8. The summed E-state index contributed by atoms with van der Waals surface area (Å²) in [4.78, 5) is 20.3. The van der Waals surface area contributed by atoms with Crippen LogP contribution in [-0.2, 0) is 21.2 Å². The van der Waals surface area contributed by atoms with E-state index in [0.29, 0.717) is 28.2 Å². The van der Waals surface area contributed by atoms with E-state index in [-0.39, 0.29) is 35.7 Å². The molecule has 11 heteroatoms. The second-order valence-electron chi connectivity index (χ2n) is 8.25. The Bertz CT molecular complexity index is 1650. The number of benzene rings is 3. The Morgan fingerprint density at radius 2 is 1.73 bits per heavy atom.